The average molecular weight is 289 g/mol. The molecule has 1 aromatic carbocycles. The van der Waals surface area contributed by atoms with Crippen LogP contribution in [0.1, 0.15) is 26.3 Å². The number of rotatable bonds is 4. The van der Waals surface area contributed by atoms with E-state index in [1.165, 1.54) is 5.56 Å². The second-order valence-corrected chi connectivity index (χ2v) is 5.96. The summed E-state index contributed by atoms with van der Waals surface area (Å²) < 4.78 is 0. The molecule has 0 spiro atoms. The van der Waals surface area contributed by atoms with Crippen molar-refractivity contribution in [2.24, 2.45) is 5.92 Å². The maximum atomic E-state index is 12.0. The summed E-state index contributed by atoms with van der Waals surface area (Å²) in [7, 11) is 0. The zero-order chi connectivity index (χ0) is 15.4. The van der Waals surface area contributed by atoms with E-state index in [1.54, 1.807) is 0 Å². The lowest BCUT2D eigenvalue weighted by atomic mass is 10.1. The molecule has 1 heterocycles. The van der Waals surface area contributed by atoms with Gasteiger partial charge in [-0.05, 0) is 30.9 Å². The molecule has 1 aromatic rings. The fourth-order valence-corrected chi connectivity index (χ4v) is 2.53. The molecular formula is C16H23N3O2. The van der Waals surface area contributed by atoms with Crippen molar-refractivity contribution in [1.82, 2.24) is 10.6 Å². The van der Waals surface area contributed by atoms with Crippen LogP contribution in [-0.2, 0) is 11.2 Å². The molecule has 0 fully saturated rings. The molecule has 2 rings (SSSR count). The molecule has 0 saturated heterocycles. The molecule has 0 aromatic heterocycles. The van der Waals surface area contributed by atoms with Crippen LogP contribution in [0, 0.1) is 5.92 Å². The van der Waals surface area contributed by atoms with Crippen LogP contribution >= 0.6 is 0 Å². The van der Waals surface area contributed by atoms with Gasteiger partial charge in [0.15, 0.2) is 0 Å². The van der Waals surface area contributed by atoms with E-state index in [0.717, 1.165) is 12.1 Å². The molecule has 3 amide bonds. The highest BCUT2D eigenvalue weighted by Crippen LogP contribution is 2.31. The van der Waals surface area contributed by atoms with Crippen LogP contribution in [0.2, 0.25) is 0 Å². The van der Waals surface area contributed by atoms with Gasteiger partial charge in [-0.15, -0.1) is 0 Å². The van der Waals surface area contributed by atoms with Crippen molar-refractivity contribution in [1.29, 1.82) is 0 Å². The summed E-state index contributed by atoms with van der Waals surface area (Å²) in [4.78, 5) is 25.6. The molecule has 5 nitrogen and oxygen atoms in total. The lowest BCUT2D eigenvalue weighted by Gasteiger charge is -2.24. The zero-order valence-corrected chi connectivity index (χ0v) is 12.8. The summed E-state index contributed by atoms with van der Waals surface area (Å²) in [6, 6.07) is 7.93. The number of anilines is 1. The molecule has 1 atom stereocenters. The van der Waals surface area contributed by atoms with Gasteiger partial charge in [0.05, 0.1) is 6.54 Å². The first-order valence-electron chi connectivity index (χ1n) is 7.39. The molecule has 1 aliphatic rings. The van der Waals surface area contributed by atoms with Crippen molar-refractivity contribution in [2.75, 3.05) is 18.0 Å². The Hall–Kier alpha value is -2.04. The first-order valence-corrected chi connectivity index (χ1v) is 7.39. The Balaban J connectivity index is 1.90. The molecule has 5 heteroatoms. The fraction of sp³-hybridized carbons (Fsp3) is 0.500. The van der Waals surface area contributed by atoms with Crippen LogP contribution in [0.25, 0.3) is 0 Å². The van der Waals surface area contributed by atoms with Crippen molar-refractivity contribution in [3.05, 3.63) is 29.8 Å². The number of hydrogen-bond acceptors (Lipinski definition) is 3. The predicted octanol–water partition coefficient (Wildman–Crippen LogP) is 1.92. The highest BCUT2D eigenvalue weighted by atomic mass is 16.2. The van der Waals surface area contributed by atoms with E-state index in [2.05, 4.69) is 23.6 Å². The maximum absolute atomic E-state index is 12.0. The second-order valence-electron chi connectivity index (χ2n) is 5.96. The van der Waals surface area contributed by atoms with E-state index in [4.69, 9.17) is 0 Å². The highest BCUT2D eigenvalue weighted by molar-refractivity contribution is 5.96. The van der Waals surface area contributed by atoms with E-state index in [9.17, 15) is 9.59 Å². The molecule has 21 heavy (non-hydrogen) atoms. The van der Waals surface area contributed by atoms with Crippen molar-refractivity contribution in [3.63, 3.8) is 0 Å². The van der Waals surface area contributed by atoms with Gasteiger partial charge in [-0.3, -0.25) is 10.1 Å². The second kappa shape index (κ2) is 6.61. The minimum atomic E-state index is -0.422. The summed E-state index contributed by atoms with van der Waals surface area (Å²) in [5.41, 5.74) is 2.34. The Morgan fingerprint density at radius 3 is 2.76 bits per heavy atom. The normalized spacial score (nSPS) is 16.8. The van der Waals surface area contributed by atoms with Gasteiger partial charge in [0.25, 0.3) is 0 Å². The Morgan fingerprint density at radius 2 is 2.05 bits per heavy atom. The van der Waals surface area contributed by atoms with Crippen LogP contribution in [0.15, 0.2) is 24.3 Å². The zero-order valence-electron chi connectivity index (χ0n) is 12.8. The summed E-state index contributed by atoms with van der Waals surface area (Å²) in [6.45, 7) is 6.86. The van der Waals surface area contributed by atoms with E-state index in [-0.39, 0.29) is 18.5 Å². The number of para-hydroxylation sites is 1. The van der Waals surface area contributed by atoms with Gasteiger partial charge >= 0.3 is 6.03 Å². The van der Waals surface area contributed by atoms with Gasteiger partial charge in [-0.25, -0.2) is 4.79 Å². The van der Waals surface area contributed by atoms with Crippen LogP contribution < -0.4 is 15.5 Å². The van der Waals surface area contributed by atoms with Gasteiger partial charge < -0.3 is 10.2 Å². The number of benzene rings is 1. The molecule has 1 aliphatic heterocycles. The SMILES string of the molecule is CC(C)CNC(=O)NC(=O)CN1c2ccccc2C[C@H]1C. The Morgan fingerprint density at radius 1 is 1.33 bits per heavy atom. The molecule has 0 unspecified atom stereocenters. The van der Waals surface area contributed by atoms with E-state index in [1.807, 2.05) is 36.9 Å². The molecular weight excluding hydrogens is 266 g/mol. The average Bonchev–Trinajstić information content (AvgIpc) is 2.73. The molecule has 114 valence electrons. The highest BCUT2D eigenvalue weighted by Gasteiger charge is 2.27. The first kappa shape index (κ1) is 15.4. The summed E-state index contributed by atoms with van der Waals surface area (Å²) in [5, 5.41) is 5.06. The van der Waals surface area contributed by atoms with Crippen LogP contribution in [-0.4, -0.2) is 31.1 Å². The lowest BCUT2D eigenvalue weighted by molar-refractivity contribution is -0.118. The number of urea groups is 1. The number of nitrogens with one attached hydrogen (secondary N) is 2. The van der Waals surface area contributed by atoms with Gasteiger partial charge in [0.1, 0.15) is 0 Å². The smallest absolute Gasteiger partial charge is 0.321 e. The third-order valence-corrected chi connectivity index (χ3v) is 3.59. The number of imide groups is 1. The first-order chi connectivity index (χ1) is 9.97. The van der Waals surface area contributed by atoms with Crippen molar-refractivity contribution < 1.29 is 9.59 Å². The Bertz CT molecular complexity index is 528. The third kappa shape index (κ3) is 3.97. The van der Waals surface area contributed by atoms with Gasteiger partial charge in [-0.2, -0.15) is 0 Å². The summed E-state index contributed by atoms with van der Waals surface area (Å²) >= 11 is 0. The molecule has 0 radical (unpaired) electrons. The lowest BCUT2D eigenvalue weighted by Crippen LogP contribution is -2.46. The third-order valence-electron chi connectivity index (χ3n) is 3.59. The van der Waals surface area contributed by atoms with Crippen LogP contribution in [0.4, 0.5) is 10.5 Å². The Kier molecular flexibility index (Phi) is 4.83. The number of nitrogens with zero attached hydrogens (tertiary/aromatic N) is 1. The van der Waals surface area contributed by atoms with Gasteiger partial charge in [0, 0.05) is 18.3 Å². The minimum Gasteiger partial charge on any atom is -0.359 e. The van der Waals surface area contributed by atoms with E-state index < -0.39 is 6.03 Å². The van der Waals surface area contributed by atoms with E-state index >= 15 is 0 Å². The van der Waals surface area contributed by atoms with Crippen LogP contribution in [0.5, 0.6) is 0 Å². The van der Waals surface area contributed by atoms with Crippen LogP contribution in [0.3, 0.4) is 0 Å². The van der Waals surface area contributed by atoms with Crippen molar-refractivity contribution >= 4 is 17.6 Å². The molecule has 0 saturated carbocycles. The Labute approximate surface area is 125 Å². The molecule has 0 aliphatic carbocycles. The van der Waals surface area contributed by atoms with Gasteiger partial charge in [0.2, 0.25) is 5.91 Å². The number of carbonyl (C=O) groups is 2. The number of carbonyl (C=O) groups excluding carboxylic acids is 2. The number of fused-ring (bicyclic) bond motifs is 1. The van der Waals surface area contributed by atoms with E-state index in [0.29, 0.717) is 12.5 Å². The largest absolute Gasteiger partial charge is 0.359 e. The van der Waals surface area contributed by atoms with Crippen molar-refractivity contribution in [3.8, 4) is 0 Å². The minimum absolute atomic E-state index is 0.202. The summed E-state index contributed by atoms with van der Waals surface area (Å²) in [5.74, 6) is 0.0798. The van der Waals surface area contributed by atoms with Crippen molar-refractivity contribution in [2.45, 2.75) is 33.2 Å². The monoisotopic (exact) mass is 289 g/mol. The summed E-state index contributed by atoms with van der Waals surface area (Å²) in [6.07, 6.45) is 0.934. The standard InChI is InChI=1S/C16H23N3O2/c1-11(2)9-17-16(21)18-15(20)10-19-12(3)8-13-6-4-5-7-14(13)19/h4-7,11-12H,8-10H2,1-3H3,(H2,17,18,20,21)/t12-/m1/s1. The fourth-order valence-electron chi connectivity index (χ4n) is 2.53. The maximum Gasteiger partial charge on any atom is 0.321 e. The number of hydrogen-bond donors (Lipinski definition) is 2. The predicted molar refractivity (Wildman–Crippen MR) is 83.3 cm³/mol. The number of amides is 3. The topological polar surface area (TPSA) is 61.4 Å². The quantitative estimate of drug-likeness (QED) is 0.890. The molecule has 0 bridgehead atoms. The van der Waals surface area contributed by atoms with Gasteiger partial charge in [-0.1, -0.05) is 32.0 Å². The molecule has 2 N–H and O–H groups in total.